The first-order chi connectivity index (χ1) is 13.1. The van der Waals surface area contributed by atoms with Crippen molar-refractivity contribution < 1.29 is 26.3 Å². The predicted octanol–water partition coefficient (Wildman–Crippen LogP) is 2.50. The Morgan fingerprint density at radius 3 is 2.11 bits per heavy atom. The van der Waals surface area contributed by atoms with E-state index in [9.17, 15) is 16.8 Å². The van der Waals surface area contributed by atoms with Crippen molar-refractivity contribution in [1.82, 2.24) is 4.72 Å². The van der Waals surface area contributed by atoms with Gasteiger partial charge in [-0.05, 0) is 57.6 Å². The summed E-state index contributed by atoms with van der Waals surface area (Å²) in [5.74, 6) is 0.760. The number of ether oxygens (including phenoxy) is 2. The third-order valence-electron chi connectivity index (χ3n) is 3.82. The van der Waals surface area contributed by atoms with E-state index in [1.807, 2.05) is 6.92 Å². The third kappa shape index (κ3) is 4.94. The highest BCUT2D eigenvalue weighted by molar-refractivity contribution is 7.92. The number of sulfonamides is 2. The normalized spacial score (nSPS) is 11.9. The Hall–Kier alpha value is -2.30. The van der Waals surface area contributed by atoms with Crippen molar-refractivity contribution in [1.29, 1.82) is 0 Å². The minimum atomic E-state index is -3.97. The fraction of sp³-hybridized carbons (Fsp3) is 0.333. The first kappa shape index (κ1) is 22.0. The minimum absolute atomic E-state index is 0.00287. The first-order valence-electron chi connectivity index (χ1n) is 8.61. The Bertz CT molecular complexity index is 1050. The fourth-order valence-electron chi connectivity index (χ4n) is 2.48. The predicted molar refractivity (Wildman–Crippen MR) is 107 cm³/mol. The summed E-state index contributed by atoms with van der Waals surface area (Å²) in [7, 11) is -6.39. The Kier molecular flexibility index (Phi) is 6.91. The standard InChI is InChI=1S/C18H24N2O6S2/c1-5-25-16-10-9-15(12-17(16)26-6-2)27(21,22)20-14-8-7-13(3)18(11-14)28(23,24)19-4/h7-12,19-20H,5-6H2,1-4H3. The van der Waals surface area contributed by atoms with E-state index in [-0.39, 0.29) is 15.5 Å². The van der Waals surface area contributed by atoms with Gasteiger partial charge in [0.2, 0.25) is 10.0 Å². The largest absolute Gasteiger partial charge is 0.490 e. The molecule has 0 aliphatic heterocycles. The summed E-state index contributed by atoms with van der Waals surface area (Å²) in [6, 6.07) is 8.60. The van der Waals surface area contributed by atoms with Gasteiger partial charge in [0.1, 0.15) is 0 Å². The van der Waals surface area contributed by atoms with Gasteiger partial charge in [0.05, 0.1) is 28.7 Å². The second kappa shape index (κ2) is 8.80. The number of aryl methyl sites for hydroxylation is 1. The van der Waals surface area contributed by atoms with Gasteiger partial charge in [-0.25, -0.2) is 21.6 Å². The van der Waals surface area contributed by atoms with Crippen LogP contribution in [0.2, 0.25) is 0 Å². The molecule has 0 saturated carbocycles. The van der Waals surface area contributed by atoms with E-state index in [2.05, 4.69) is 9.44 Å². The Labute approximate surface area is 166 Å². The summed E-state index contributed by atoms with van der Waals surface area (Å²) in [5, 5.41) is 0. The highest BCUT2D eigenvalue weighted by Crippen LogP contribution is 2.31. The van der Waals surface area contributed by atoms with E-state index >= 15 is 0 Å². The van der Waals surface area contributed by atoms with E-state index in [0.717, 1.165) is 0 Å². The average molecular weight is 429 g/mol. The van der Waals surface area contributed by atoms with Crippen molar-refractivity contribution in [2.24, 2.45) is 0 Å². The summed E-state index contributed by atoms with van der Waals surface area (Å²) < 4.78 is 65.3. The van der Waals surface area contributed by atoms with E-state index in [0.29, 0.717) is 30.3 Å². The molecule has 2 rings (SSSR count). The molecule has 0 unspecified atom stereocenters. The van der Waals surface area contributed by atoms with Crippen LogP contribution in [0.4, 0.5) is 5.69 Å². The molecule has 2 aromatic rings. The highest BCUT2D eigenvalue weighted by atomic mass is 32.2. The molecule has 8 nitrogen and oxygen atoms in total. The molecule has 0 aliphatic rings. The maximum Gasteiger partial charge on any atom is 0.262 e. The lowest BCUT2D eigenvalue weighted by molar-refractivity contribution is 0.287. The SMILES string of the molecule is CCOc1ccc(S(=O)(=O)Nc2ccc(C)c(S(=O)(=O)NC)c2)cc1OCC. The van der Waals surface area contributed by atoms with Gasteiger partial charge in [-0.15, -0.1) is 0 Å². The molecule has 0 radical (unpaired) electrons. The topological polar surface area (TPSA) is 111 Å². The summed E-state index contributed by atoms with van der Waals surface area (Å²) in [6.45, 7) is 5.99. The number of nitrogens with one attached hydrogen (secondary N) is 2. The van der Waals surface area contributed by atoms with Crippen LogP contribution in [0.15, 0.2) is 46.2 Å². The van der Waals surface area contributed by atoms with Crippen molar-refractivity contribution in [2.75, 3.05) is 25.0 Å². The van der Waals surface area contributed by atoms with E-state index in [4.69, 9.17) is 9.47 Å². The van der Waals surface area contributed by atoms with Crippen LogP contribution in [0.25, 0.3) is 0 Å². The lowest BCUT2D eigenvalue weighted by atomic mass is 10.2. The smallest absolute Gasteiger partial charge is 0.262 e. The maximum absolute atomic E-state index is 12.8. The first-order valence-corrected chi connectivity index (χ1v) is 11.6. The lowest BCUT2D eigenvalue weighted by Gasteiger charge is -2.14. The number of anilines is 1. The summed E-state index contributed by atoms with van der Waals surface area (Å²) in [5.41, 5.74) is 0.628. The van der Waals surface area contributed by atoms with Crippen molar-refractivity contribution >= 4 is 25.7 Å². The van der Waals surface area contributed by atoms with Gasteiger partial charge >= 0.3 is 0 Å². The fourth-order valence-corrected chi connectivity index (χ4v) is 4.53. The summed E-state index contributed by atoms with van der Waals surface area (Å²) in [6.07, 6.45) is 0. The molecule has 0 atom stereocenters. The highest BCUT2D eigenvalue weighted by Gasteiger charge is 2.20. The molecule has 154 valence electrons. The van der Waals surface area contributed by atoms with Crippen LogP contribution < -0.4 is 18.9 Å². The average Bonchev–Trinajstić information content (AvgIpc) is 2.64. The van der Waals surface area contributed by atoms with Gasteiger partial charge in [-0.3, -0.25) is 4.72 Å². The van der Waals surface area contributed by atoms with Crippen LogP contribution in [0.5, 0.6) is 11.5 Å². The molecule has 28 heavy (non-hydrogen) atoms. The van der Waals surface area contributed by atoms with Gasteiger partial charge < -0.3 is 9.47 Å². The molecule has 2 N–H and O–H groups in total. The van der Waals surface area contributed by atoms with Gasteiger partial charge in [-0.2, -0.15) is 0 Å². The number of hydrogen-bond donors (Lipinski definition) is 2. The molecular weight excluding hydrogens is 404 g/mol. The van der Waals surface area contributed by atoms with Gasteiger partial charge in [0.15, 0.2) is 11.5 Å². The number of benzene rings is 2. The van der Waals surface area contributed by atoms with Crippen molar-refractivity contribution in [3.05, 3.63) is 42.0 Å². The quantitative estimate of drug-likeness (QED) is 0.635. The Morgan fingerprint density at radius 1 is 0.857 bits per heavy atom. The van der Waals surface area contributed by atoms with Crippen molar-refractivity contribution in [3.8, 4) is 11.5 Å². The van der Waals surface area contributed by atoms with Crippen LogP contribution in [0.1, 0.15) is 19.4 Å². The molecule has 0 bridgehead atoms. The van der Waals surface area contributed by atoms with Gasteiger partial charge in [-0.1, -0.05) is 6.07 Å². The molecule has 0 heterocycles. The van der Waals surface area contributed by atoms with Crippen molar-refractivity contribution in [3.63, 3.8) is 0 Å². The zero-order chi connectivity index (χ0) is 20.9. The van der Waals surface area contributed by atoms with Gasteiger partial charge in [0, 0.05) is 6.07 Å². The zero-order valence-electron chi connectivity index (χ0n) is 16.1. The Balaban J connectivity index is 2.41. The molecule has 0 fully saturated rings. The Morgan fingerprint density at radius 2 is 1.50 bits per heavy atom. The van der Waals surface area contributed by atoms with Crippen LogP contribution >= 0.6 is 0 Å². The van der Waals surface area contributed by atoms with Crippen LogP contribution in [-0.2, 0) is 20.0 Å². The zero-order valence-corrected chi connectivity index (χ0v) is 17.8. The molecule has 0 saturated heterocycles. The summed E-state index contributed by atoms with van der Waals surface area (Å²) >= 11 is 0. The molecule has 10 heteroatoms. The van der Waals surface area contributed by atoms with Crippen LogP contribution in [0, 0.1) is 6.92 Å². The molecule has 0 amide bonds. The molecule has 0 spiro atoms. The maximum atomic E-state index is 12.8. The second-order valence-electron chi connectivity index (χ2n) is 5.77. The van der Waals surface area contributed by atoms with Crippen LogP contribution in [0.3, 0.4) is 0 Å². The number of rotatable bonds is 9. The van der Waals surface area contributed by atoms with E-state index in [1.165, 1.54) is 43.4 Å². The molecule has 0 aliphatic carbocycles. The van der Waals surface area contributed by atoms with Gasteiger partial charge in [0.25, 0.3) is 10.0 Å². The van der Waals surface area contributed by atoms with Crippen LogP contribution in [-0.4, -0.2) is 37.1 Å². The second-order valence-corrected chi connectivity index (χ2v) is 9.31. The lowest BCUT2D eigenvalue weighted by Crippen LogP contribution is -2.20. The third-order valence-corrected chi connectivity index (χ3v) is 6.76. The monoisotopic (exact) mass is 428 g/mol. The minimum Gasteiger partial charge on any atom is -0.490 e. The van der Waals surface area contributed by atoms with E-state index < -0.39 is 20.0 Å². The molecule has 2 aromatic carbocycles. The molecule has 0 aromatic heterocycles. The van der Waals surface area contributed by atoms with Crippen molar-refractivity contribution in [2.45, 2.75) is 30.6 Å². The number of hydrogen-bond acceptors (Lipinski definition) is 6. The molecular formula is C18H24N2O6S2. The summed E-state index contributed by atoms with van der Waals surface area (Å²) in [4.78, 5) is -0.0325. The van der Waals surface area contributed by atoms with E-state index in [1.54, 1.807) is 13.8 Å².